The molecule has 2 atom stereocenters. The molecule has 2 aromatic heterocycles. The van der Waals surface area contributed by atoms with Crippen LogP contribution in [0.4, 0.5) is 5.13 Å². The minimum absolute atomic E-state index is 0.00753. The first-order valence-electron chi connectivity index (χ1n) is 11.7. The zero-order chi connectivity index (χ0) is 26.6. The number of amides is 2. The quantitative estimate of drug-likeness (QED) is 0.228. The average Bonchev–Trinajstić information content (AvgIpc) is 3.59. The molecule has 1 saturated heterocycles. The second-order valence-corrected chi connectivity index (χ2v) is 11.4. The lowest BCUT2D eigenvalue weighted by molar-refractivity contribution is -0.150. The molecule has 5 rings (SSSR count). The number of carbonyl (C=O) groups is 3. The van der Waals surface area contributed by atoms with Gasteiger partial charge in [-0.05, 0) is 48.8 Å². The molecule has 0 radical (unpaired) electrons. The van der Waals surface area contributed by atoms with E-state index in [1.54, 1.807) is 23.9 Å². The minimum Gasteiger partial charge on any atom is -0.477 e. The Morgan fingerprint density at radius 2 is 2.16 bits per heavy atom. The molecule has 198 valence electrons. The molecule has 2 amide bonds. The van der Waals surface area contributed by atoms with Gasteiger partial charge in [0.05, 0.1) is 0 Å². The summed E-state index contributed by atoms with van der Waals surface area (Å²) in [5, 5.41) is 17.9. The fourth-order valence-electron chi connectivity index (χ4n) is 4.20. The first-order valence-corrected chi connectivity index (χ1v) is 14.4. The molecule has 15 heteroatoms. The summed E-state index contributed by atoms with van der Waals surface area (Å²) in [7, 11) is 0. The van der Waals surface area contributed by atoms with Crippen LogP contribution in [0.1, 0.15) is 37.1 Å². The van der Waals surface area contributed by atoms with Gasteiger partial charge in [-0.15, -0.1) is 11.8 Å². The molecule has 0 aromatic carbocycles. The first-order chi connectivity index (χ1) is 18.4. The number of carboxylic acids is 1. The van der Waals surface area contributed by atoms with E-state index in [1.165, 1.54) is 28.4 Å². The molecule has 2 aromatic rings. The summed E-state index contributed by atoms with van der Waals surface area (Å²) in [6.07, 6.45) is 8.78. The number of hydrogen-bond donors (Lipinski definition) is 3. The van der Waals surface area contributed by atoms with Crippen LogP contribution in [-0.2, 0) is 19.2 Å². The summed E-state index contributed by atoms with van der Waals surface area (Å²) in [4.78, 5) is 53.7. The topological polar surface area (TPSA) is 173 Å². The van der Waals surface area contributed by atoms with Crippen molar-refractivity contribution in [2.24, 2.45) is 5.16 Å². The monoisotopic (exact) mass is 573 g/mol. The Labute approximate surface area is 230 Å². The Hall–Kier alpha value is -3.43. The van der Waals surface area contributed by atoms with Crippen molar-refractivity contribution in [1.82, 2.24) is 24.6 Å². The van der Waals surface area contributed by atoms with E-state index in [-0.39, 0.29) is 28.5 Å². The molecule has 0 spiro atoms. The second kappa shape index (κ2) is 11.5. The van der Waals surface area contributed by atoms with Crippen molar-refractivity contribution < 1.29 is 24.3 Å². The van der Waals surface area contributed by atoms with Crippen LogP contribution >= 0.6 is 35.1 Å². The van der Waals surface area contributed by atoms with E-state index in [0.29, 0.717) is 10.7 Å². The number of oxime groups is 1. The van der Waals surface area contributed by atoms with Gasteiger partial charge >= 0.3 is 5.97 Å². The van der Waals surface area contributed by atoms with Crippen molar-refractivity contribution in [2.75, 3.05) is 11.5 Å². The number of carboxylic acid groups (broad SMARTS) is 1. The van der Waals surface area contributed by atoms with Gasteiger partial charge < -0.3 is 21.0 Å². The molecule has 2 fully saturated rings. The molecule has 0 bridgehead atoms. The number of carbonyl (C=O) groups excluding carboxylic acids is 2. The predicted molar refractivity (Wildman–Crippen MR) is 145 cm³/mol. The molecule has 38 heavy (non-hydrogen) atoms. The number of aliphatic carboxylic acids is 1. The fraction of sp³-hybridized carbons (Fsp3) is 0.348. The van der Waals surface area contributed by atoms with Crippen molar-refractivity contribution in [2.45, 2.75) is 43.2 Å². The summed E-state index contributed by atoms with van der Waals surface area (Å²) in [5.41, 5.74) is 6.29. The number of hydrogen-bond acceptors (Lipinski definition) is 12. The average molecular weight is 574 g/mol. The lowest BCUT2D eigenvalue weighted by atomic mass is 10.0. The highest BCUT2D eigenvalue weighted by molar-refractivity contribution is 8.08. The maximum absolute atomic E-state index is 13.2. The largest absolute Gasteiger partial charge is 0.477 e. The molecule has 1 saturated carbocycles. The van der Waals surface area contributed by atoms with Crippen molar-refractivity contribution >= 4 is 69.8 Å². The van der Waals surface area contributed by atoms with Crippen LogP contribution in [0.2, 0.25) is 0 Å². The maximum atomic E-state index is 13.2. The molecule has 1 unspecified atom stereocenters. The van der Waals surface area contributed by atoms with Crippen molar-refractivity contribution in [3.63, 3.8) is 0 Å². The first kappa shape index (κ1) is 26.2. The number of fused-ring (bicyclic) bond motifs is 1. The van der Waals surface area contributed by atoms with Gasteiger partial charge in [-0.1, -0.05) is 23.0 Å². The molecule has 12 nitrogen and oxygen atoms in total. The third kappa shape index (κ3) is 5.54. The summed E-state index contributed by atoms with van der Waals surface area (Å²) in [6.45, 7) is 0. The number of thioether (sulfide) groups is 2. The van der Waals surface area contributed by atoms with Crippen LogP contribution in [0.25, 0.3) is 6.08 Å². The highest BCUT2D eigenvalue weighted by atomic mass is 32.2. The molecule has 2 aliphatic heterocycles. The summed E-state index contributed by atoms with van der Waals surface area (Å²) in [6, 6.07) is 2.74. The van der Waals surface area contributed by atoms with E-state index in [9.17, 15) is 19.5 Å². The number of nitrogens with two attached hydrogens (primary N) is 1. The lowest BCUT2D eigenvalue weighted by Gasteiger charge is -2.49. The molecular formula is C23H23N7O5S3. The van der Waals surface area contributed by atoms with E-state index in [2.05, 4.69) is 24.8 Å². The van der Waals surface area contributed by atoms with Crippen LogP contribution in [0.5, 0.6) is 0 Å². The molecule has 3 aliphatic rings. The number of nitrogens with zero attached hydrogens (tertiary/aromatic N) is 5. The predicted octanol–water partition coefficient (Wildman–Crippen LogP) is 2.28. The van der Waals surface area contributed by atoms with Crippen molar-refractivity contribution in [3.8, 4) is 0 Å². The number of rotatable bonds is 9. The highest BCUT2D eigenvalue weighted by Crippen LogP contribution is 2.43. The van der Waals surface area contributed by atoms with Gasteiger partial charge in [0, 0.05) is 34.6 Å². The van der Waals surface area contributed by atoms with E-state index < -0.39 is 29.2 Å². The molecule has 1 aliphatic carbocycles. The number of pyridine rings is 1. The van der Waals surface area contributed by atoms with Gasteiger partial charge in [-0.25, -0.2) is 4.79 Å². The van der Waals surface area contributed by atoms with Gasteiger partial charge in [0.15, 0.2) is 5.13 Å². The summed E-state index contributed by atoms with van der Waals surface area (Å²) >= 11 is 3.52. The van der Waals surface area contributed by atoms with E-state index in [0.717, 1.165) is 42.8 Å². The van der Waals surface area contributed by atoms with Gasteiger partial charge in [0.2, 0.25) is 11.5 Å². The van der Waals surface area contributed by atoms with Crippen LogP contribution in [-0.4, -0.2) is 71.1 Å². The Morgan fingerprint density at radius 3 is 2.84 bits per heavy atom. The zero-order valence-corrected chi connectivity index (χ0v) is 22.3. The fourth-order valence-corrected chi connectivity index (χ4v) is 6.99. The third-order valence-electron chi connectivity index (χ3n) is 6.04. The van der Waals surface area contributed by atoms with Gasteiger partial charge in [-0.3, -0.25) is 19.5 Å². The van der Waals surface area contributed by atoms with Crippen LogP contribution in [0.3, 0.4) is 0 Å². The smallest absolute Gasteiger partial charge is 0.353 e. The minimum atomic E-state index is -1.21. The number of nitrogens with one attached hydrogen (secondary N) is 1. The Kier molecular flexibility index (Phi) is 7.95. The third-order valence-corrected chi connectivity index (χ3v) is 8.94. The number of aromatic nitrogens is 3. The SMILES string of the molecule is Nc1nc(/C(=N\OC2CCCC2)C(=O)NC2C(=O)N3C(C(=O)O)=C(S/C=C\c4cccnc4)CS[C@H]23)ns1. The maximum Gasteiger partial charge on any atom is 0.353 e. The number of β-lactam (4-membered cyclic amide) rings is 1. The van der Waals surface area contributed by atoms with E-state index in [1.807, 2.05) is 12.1 Å². The zero-order valence-electron chi connectivity index (χ0n) is 19.9. The van der Waals surface area contributed by atoms with Gasteiger partial charge in [0.25, 0.3) is 11.8 Å². The van der Waals surface area contributed by atoms with Gasteiger partial charge in [0.1, 0.15) is 23.2 Å². The summed E-state index contributed by atoms with van der Waals surface area (Å²) < 4.78 is 4.06. The normalized spacial score (nSPS) is 21.9. The van der Waals surface area contributed by atoms with Crippen LogP contribution < -0.4 is 11.1 Å². The Bertz CT molecular complexity index is 1320. The number of nitrogen functional groups attached to an aromatic ring is 1. The summed E-state index contributed by atoms with van der Waals surface area (Å²) in [5.74, 6) is -2.06. The van der Waals surface area contributed by atoms with Gasteiger partial charge in [-0.2, -0.15) is 9.36 Å². The Balaban J connectivity index is 1.30. The molecule has 4 heterocycles. The second-order valence-electron chi connectivity index (χ2n) is 8.55. The van der Waals surface area contributed by atoms with Crippen LogP contribution in [0.15, 0.2) is 45.7 Å². The standard InChI is InChI=1S/C23H23N7O5S3/c24-23-27-18(29-38-23)15(28-35-13-5-1-2-6-13)19(31)26-16-20(32)30-17(22(33)34)14(11-37-21(16)30)36-9-7-12-4-3-8-25-10-12/h3-4,7-10,13,16,21H,1-2,5-6,11H2,(H,26,31)(H,33,34)(H2,24,27,29)/b9-7-,28-15+/t16?,21-/m1/s1. The van der Waals surface area contributed by atoms with Crippen LogP contribution in [0, 0.1) is 0 Å². The molecule has 4 N–H and O–H groups in total. The molecular weight excluding hydrogens is 550 g/mol. The highest BCUT2D eigenvalue weighted by Gasteiger charge is 2.54. The van der Waals surface area contributed by atoms with Crippen molar-refractivity contribution in [3.05, 3.63) is 51.9 Å². The van der Waals surface area contributed by atoms with E-state index in [4.69, 9.17) is 10.6 Å². The Morgan fingerprint density at radius 1 is 1.34 bits per heavy atom. The number of anilines is 1. The van der Waals surface area contributed by atoms with Crippen molar-refractivity contribution in [1.29, 1.82) is 0 Å². The lowest BCUT2D eigenvalue weighted by Crippen LogP contribution is -2.71. The van der Waals surface area contributed by atoms with E-state index >= 15 is 0 Å².